The standard InChI is InChI=1S/C14H19NO/c1-5-6-13(16)15-12-9-7-11(8-10-12)14(2,3)4/h5-10H,1-4H3,(H,15,16). The Morgan fingerprint density at radius 1 is 1.19 bits per heavy atom. The van der Waals surface area contributed by atoms with Crippen molar-refractivity contribution in [2.24, 2.45) is 0 Å². The summed E-state index contributed by atoms with van der Waals surface area (Å²) in [6.07, 6.45) is 3.23. The van der Waals surface area contributed by atoms with Gasteiger partial charge in [0, 0.05) is 5.69 Å². The van der Waals surface area contributed by atoms with Gasteiger partial charge in [0.25, 0.3) is 0 Å². The average Bonchev–Trinajstić information content (AvgIpc) is 2.17. The maximum absolute atomic E-state index is 11.3. The third-order valence-corrected chi connectivity index (χ3v) is 2.34. The number of carbonyl (C=O) groups is 1. The lowest BCUT2D eigenvalue weighted by Gasteiger charge is -2.19. The molecule has 0 aliphatic carbocycles. The maximum atomic E-state index is 11.3. The second-order valence-corrected chi connectivity index (χ2v) is 4.82. The molecule has 0 aromatic heterocycles. The molecule has 0 fully saturated rings. The first kappa shape index (κ1) is 12.5. The minimum atomic E-state index is -0.0917. The Hall–Kier alpha value is -1.57. The van der Waals surface area contributed by atoms with Crippen molar-refractivity contribution in [1.29, 1.82) is 0 Å². The van der Waals surface area contributed by atoms with Crippen LogP contribution in [-0.4, -0.2) is 5.91 Å². The summed E-state index contributed by atoms with van der Waals surface area (Å²) in [4.78, 5) is 11.3. The van der Waals surface area contributed by atoms with Crippen LogP contribution in [0.1, 0.15) is 33.3 Å². The van der Waals surface area contributed by atoms with E-state index in [9.17, 15) is 4.79 Å². The molecule has 1 amide bonds. The summed E-state index contributed by atoms with van der Waals surface area (Å²) >= 11 is 0. The summed E-state index contributed by atoms with van der Waals surface area (Å²) in [5.41, 5.74) is 2.24. The molecule has 0 atom stereocenters. The summed E-state index contributed by atoms with van der Waals surface area (Å²) < 4.78 is 0. The van der Waals surface area contributed by atoms with Crippen molar-refractivity contribution in [2.45, 2.75) is 33.1 Å². The first-order valence-corrected chi connectivity index (χ1v) is 5.47. The third-order valence-electron chi connectivity index (χ3n) is 2.34. The van der Waals surface area contributed by atoms with E-state index in [0.29, 0.717) is 0 Å². The van der Waals surface area contributed by atoms with Gasteiger partial charge in [-0.25, -0.2) is 0 Å². The lowest BCUT2D eigenvalue weighted by Crippen LogP contribution is -2.12. The van der Waals surface area contributed by atoms with Crippen LogP contribution in [-0.2, 0) is 10.2 Å². The average molecular weight is 217 g/mol. The monoisotopic (exact) mass is 217 g/mol. The molecule has 16 heavy (non-hydrogen) atoms. The lowest BCUT2D eigenvalue weighted by molar-refractivity contribution is -0.111. The molecule has 0 heterocycles. The maximum Gasteiger partial charge on any atom is 0.248 e. The highest BCUT2D eigenvalue weighted by atomic mass is 16.1. The van der Waals surface area contributed by atoms with E-state index in [0.717, 1.165) is 5.69 Å². The number of hydrogen-bond acceptors (Lipinski definition) is 1. The van der Waals surface area contributed by atoms with Crippen LogP contribution in [0.4, 0.5) is 5.69 Å². The minimum Gasteiger partial charge on any atom is -0.323 e. The molecule has 0 radical (unpaired) electrons. The fraction of sp³-hybridized carbons (Fsp3) is 0.357. The van der Waals surface area contributed by atoms with Crippen molar-refractivity contribution in [3.8, 4) is 0 Å². The van der Waals surface area contributed by atoms with Crippen LogP contribution in [0.15, 0.2) is 36.4 Å². The number of allylic oxidation sites excluding steroid dienone is 1. The quantitative estimate of drug-likeness (QED) is 0.755. The smallest absolute Gasteiger partial charge is 0.248 e. The predicted molar refractivity (Wildman–Crippen MR) is 68.6 cm³/mol. The van der Waals surface area contributed by atoms with Gasteiger partial charge in [0.2, 0.25) is 5.91 Å². The minimum absolute atomic E-state index is 0.0917. The lowest BCUT2D eigenvalue weighted by atomic mass is 9.87. The Morgan fingerprint density at radius 2 is 1.75 bits per heavy atom. The number of anilines is 1. The molecule has 1 rings (SSSR count). The Bertz CT molecular complexity index is 382. The number of rotatable bonds is 2. The molecule has 0 saturated heterocycles. The fourth-order valence-electron chi connectivity index (χ4n) is 1.39. The highest BCUT2D eigenvalue weighted by Gasteiger charge is 2.12. The van der Waals surface area contributed by atoms with Gasteiger partial charge in [-0.05, 0) is 36.1 Å². The van der Waals surface area contributed by atoms with Crippen molar-refractivity contribution >= 4 is 11.6 Å². The molecule has 0 aliphatic heterocycles. The number of nitrogens with one attached hydrogen (secondary N) is 1. The summed E-state index contributed by atoms with van der Waals surface area (Å²) in [6, 6.07) is 7.96. The van der Waals surface area contributed by atoms with E-state index in [1.54, 1.807) is 6.08 Å². The van der Waals surface area contributed by atoms with E-state index < -0.39 is 0 Å². The normalized spacial score (nSPS) is 11.8. The molecule has 2 heteroatoms. The zero-order valence-corrected chi connectivity index (χ0v) is 10.4. The van der Waals surface area contributed by atoms with Crippen LogP contribution in [0.25, 0.3) is 0 Å². The van der Waals surface area contributed by atoms with Crippen LogP contribution in [0, 0.1) is 0 Å². The van der Waals surface area contributed by atoms with Crippen molar-refractivity contribution < 1.29 is 4.79 Å². The molecular formula is C14H19NO. The molecule has 0 aliphatic rings. The third kappa shape index (κ3) is 3.54. The second kappa shape index (κ2) is 4.97. The Morgan fingerprint density at radius 3 is 2.19 bits per heavy atom. The summed E-state index contributed by atoms with van der Waals surface area (Å²) in [6.45, 7) is 8.32. The molecule has 0 spiro atoms. The highest BCUT2D eigenvalue weighted by Crippen LogP contribution is 2.23. The Kier molecular flexibility index (Phi) is 3.88. The van der Waals surface area contributed by atoms with E-state index in [1.807, 2.05) is 31.2 Å². The zero-order valence-electron chi connectivity index (χ0n) is 10.4. The largest absolute Gasteiger partial charge is 0.323 e. The van der Waals surface area contributed by atoms with Gasteiger partial charge < -0.3 is 5.32 Å². The Labute approximate surface area is 97.4 Å². The van der Waals surface area contributed by atoms with Crippen molar-refractivity contribution in [2.75, 3.05) is 5.32 Å². The van der Waals surface area contributed by atoms with E-state index >= 15 is 0 Å². The fourth-order valence-corrected chi connectivity index (χ4v) is 1.39. The predicted octanol–water partition coefficient (Wildman–Crippen LogP) is 3.50. The Balaban J connectivity index is 2.76. The molecule has 1 aromatic carbocycles. The molecule has 1 aromatic rings. The first-order chi connectivity index (χ1) is 7.43. The molecule has 1 N–H and O–H groups in total. The number of hydrogen-bond donors (Lipinski definition) is 1. The number of benzene rings is 1. The van der Waals surface area contributed by atoms with Crippen LogP contribution in [0.5, 0.6) is 0 Å². The first-order valence-electron chi connectivity index (χ1n) is 5.47. The molecular weight excluding hydrogens is 198 g/mol. The SMILES string of the molecule is CC=CC(=O)Nc1ccc(C(C)(C)C)cc1. The summed E-state index contributed by atoms with van der Waals surface area (Å²) in [7, 11) is 0. The molecule has 0 bridgehead atoms. The van der Waals surface area contributed by atoms with Gasteiger partial charge in [-0.2, -0.15) is 0 Å². The highest BCUT2D eigenvalue weighted by molar-refractivity contribution is 5.99. The summed E-state index contributed by atoms with van der Waals surface area (Å²) in [5, 5.41) is 2.80. The van der Waals surface area contributed by atoms with Crippen molar-refractivity contribution in [1.82, 2.24) is 0 Å². The van der Waals surface area contributed by atoms with Crippen molar-refractivity contribution in [3.05, 3.63) is 42.0 Å². The van der Waals surface area contributed by atoms with Crippen molar-refractivity contribution in [3.63, 3.8) is 0 Å². The van der Waals surface area contributed by atoms with E-state index in [2.05, 4.69) is 26.1 Å². The van der Waals surface area contributed by atoms with Gasteiger partial charge in [-0.1, -0.05) is 39.0 Å². The molecule has 0 saturated carbocycles. The second-order valence-electron chi connectivity index (χ2n) is 4.82. The van der Waals surface area contributed by atoms with Crippen LogP contribution >= 0.6 is 0 Å². The molecule has 86 valence electrons. The van der Waals surface area contributed by atoms with Crippen LogP contribution in [0.3, 0.4) is 0 Å². The van der Waals surface area contributed by atoms with E-state index in [1.165, 1.54) is 11.6 Å². The van der Waals surface area contributed by atoms with Gasteiger partial charge in [0.15, 0.2) is 0 Å². The molecule has 0 unspecified atom stereocenters. The summed E-state index contributed by atoms with van der Waals surface area (Å²) in [5.74, 6) is -0.0917. The van der Waals surface area contributed by atoms with Crippen LogP contribution < -0.4 is 5.32 Å². The van der Waals surface area contributed by atoms with Gasteiger partial charge in [0.1, 0.15) is 0 Å². The number of carbonyl (C=O) groups excluding carboxylic acids is 1. The van der Waals surface area contributed by atoms with Gasteiger partial charge >= 0.3 is 0 Å². The van der Waals surface area contributed by atoms with Gasteiger partial charge in [-0.3, -0.25) is 4.79 Å². The van der Waals surface area contributed by atoms with E-state index in [4.69, 9.17) is 0 Å². The molecule has 2 nitrogen and oxygen atoms in total. The number of amides is 1. The van der Waals surface area contributed by atoms with Crippen LogP contribution in [0.2, 0.25) is 0 Å². The van der Waals surface area contributed by atoms with Gasteiger partial charge in [-0.15, -0.1) is 0 Å². The zero-order chi connectivity index (χ0) is 12.2. The van der Waals surface area contributed by atoms with Gasteiger partial charge in [0.05, 0.1) is 0 Å². The topological polar surface area (TPSA) is 29.1 Å². The van der Waals surface area contributed by atoms with E-state index in [-0.39, 0.29) is 11.3 Å².